The van der Waals surface area contributed by atoms with E-state index in [0.29, 0.717) is 11.4 Å². The van der Waals surface area contributed by atoms with E-state index in [2.05, 4.69) is 24.0 Å². The van der Waals surface area contributed by atoms with Gasteiger partial charge in [0.05, 0.1) is 22.7 Å². The molecule has 0 spiro atoms. The molecule has 3 aromatic rings. The van der Waals surface area contributed by atoms with Crippen LogP contribution in [0.1, 0.15) is 21.2 Å². The van der Waals surface area contributed by atoms with Crippen LogP contribution < -0.4 is 0 Å². The van der Waals surface area contributed by atoms with E-state index in [-0.39, 0.29) is 11.2 Å². The maximum atomic E-state index is 13.0. The molecular weight excluding hydrogens is 366 g/mol. The van der Waals surface area contributed by atoms with Gasteiger partial charge in [0.15, 0.2) is 9.84 Å². The van der Waals surface area contributed by atoms with Crippen LogP contribution >= 0.6 is 11.3 Å². The van der Waals surface area contributed by atoms with E-state index in [4.69, 9.17) is 4.42 Å². The molecule has 4 nitrogen and oxygen atoms in total. The minimum atomic E-state index is -3.25. The summed E-state index contributed by atoms with van der Waals surface area (Å²) in [5, 5.41) is -0.321. The molecule has 1 saturated heterocycles. The minimum absolute atomic E-state index is 0.0583. The predicted octanol–water partition coefficient (Wildman–Crippen LogP) is 4.07. The molecule has 6 heteroatoms. The fourth-order valence-corrected chi connectivity index (χ4v) is 7.38. The Kier molecular flexibility index (Phi) is 3.64. The highest BCUT2D eigenvalue weighted by Crippen LogP contribution is 2.46. The first-order chi connectivity index (χ1) is 12.5. The lowest BCUT2D eigenvalue weighted by molar-refractivity contribution is 0.328. The van der Waals surface area contributed by atoms with Crippen LogP contribution in [0.3, 0.4) is 0 Å². The third-order valence-corrected chi connectivity index (χ3v) is 8.73. The third kappa shape index (κ3) is 2.47. The largest absolute Gasteiger partial charge is 0.472 e. The second kappa shape index (κ2) is 5.81. The minimum Gasteiger partial charge on any atom is -0.472 e. The molecule has 0 N–H and O–H groups in total. The van der Waals surface area contributed by atoms with Crippen molar-refractivity contribution in [3.63, 3.8) is 0 Å². The number of benzene rings is 1. The van der Waals surface area contributed by atoms with Crippen LogP contribution in [0.15, 0.2) is 58.2 Å². The lowest BCUT2D eigenvalue weighted by Crippen LogP contribution is -2.25. The maximum absolute atomic E-state index is 13.0. The molecule has 1 aromatic carbocycles. The molecule has 0 unspecified atom stereocenters. The highest BCUT2D eigenvalue weighted by Gasteiger charge is 2.50. The van der Waals surface area contributed by atoms with Gasteiger partial charge in [-0.15, -0.1) is 11.3 Å². The average molecular weight is 386 g/mol. The molecule has 2 aromatic heterocycles. The first-order valence-electron chi connectivity index (χ1n) is 8.70. The molecule has 0 bridgehead atoms. The van der Waals surface area contributed by atoms with Crippen molar-refractivity contribution in [2.75, 3.05) is 13.1 Å². The molecule has 134 valence electrons. The Bertz CT molecular complexity index is 1070. The van der Waals surface area contributed by atoms with Gasteiger partial charge in [0.2, 0.25) is 0 Å². The van der Waals surface area contributed by atoms with Crippen molar-refractivity contribution in [2.45, 2.75) is 29.5 Å². The highest BCUT2D eigenvalue weighted by atomic mass is 32.2. The number of fused-ring (bicyclic) bond motifs is 3. The number of hydrogen-bond donors (Lipinski definition) is 0. The van der Waals surface area contributed by atoms with Crippen molar-refractivity contribution in [1.82, 2.24) is 4.90 Å². The predicted molar refractivity (Wildman–Crippen MR) is 102 cm³/mol. The molecule has 0 saturated carbocycles. The van der Waals surface area contributed by atoms with Crippen molar-refractivity contribution in [2.24, 2.45) is 0 Å². The normalized spacial score (nSPS) is 23.9. The molecule has 5 rings (SSSR count). The second-order valence-electron chi connectivity index (χ2n) is 7.16. The van der Waals surface area contributed by atoms with E-state index in [1.807, 2.05) is 18.2 Å². The SMILES string of the molecule is Cc1ccc(CN2C[C@H]3c4cc(-c5ccoc5)ccc4S(=O)(=O)[C@H]3C2)s1. The number of nitrogens with zero attached hydrogens (tertiary/aromatic N) is 1. The summed E-state index contributed by atoms with van der Waals surface area (Å²) < 4.78 is 31.2. The van der Waals surface area contributed by atoms with Crippen LogP contribution in [0.5, 0.6) is 0 Å². The Labute approximate surface area is 157 Å². The molecule has 26 heavy (non-hydrogen) atoms. The Balaban J connectivity index is 1.48. The summed E-state index contributed by atoms with van der Waals surface area (Å²) >= 11 is 1.79. The quantitative estimate of drug-likeness (QED) is 0.682. The van der Waals surface area contributed by atoms with E-state index >= 15 is 0 Å². The summed E-state index contributed by atoms with van der Waals surface area (Å²) in [6.07, 6.45) is 3.34. The van der Waals surface area contributed by atoms with Gasteiger partial charge in [0.1, 0.15) is 0 Å². The zero-order valence-corrected chi connectivity index (χ0v) is 16.0. The van der Waals surface area contributed by atoms with Crippen LogP contribution in [-0.4, -0.2) is 31.7 Å². The Hall–Kier alpha value is -1.89. The summed E-state index contributed by atoms with van der Waals surface area (Å²) in [6.45, 7) is 4.34. The van der Waals surface area contributed by atoms with Crippen LogP contribution in [-0.2, 0) is 16.4 Å². The molecule has 0 amide bonds. The molecule has 0 radical (unpaired) electrons. The number of thiophene rings is 1. The van der Waals surface area contributed by atoms with Gasteiger partial charge in [0.25, 0.3) is 0 Å². The summed E-state index contributed by atoms with van der Waals surface area (Å²) in [4.78, 5) is 5.40. The lowest BCUT2D eigenvalue weighted by atomic mass is 9.95. The van der Waals surface area contributed by atoms with Crippen LogP contribution in [0.25, 0.3) is 11.1 Å². The van der Waals surface area contributed by atoms with Crippen molar-refractivity contribution >= 4 is 21.2 Å². The average Bonchev–Trinajstić information content (AvgIpc) is 3.37. The van der Waals surface area contributed by atoms with Crippen LogP contribution in [0, 0.1) is 6.92 Å². The number of rotatable bonds is 3. The van der Waals surface area contributed by atoms with Crippen LogP contribution in [0.4, 0.5) is 0 Å². The zero-order valence-electron chi connectivity index (χ0n) is 14.4. The van der Waals surface area contributed by atoms with E-state index in [0.717, 1.165) is 29.8 Å². The van der Waals surface area contributed by atoms with Gasteiger partial charge >= 0.3 is 0 Å². The standard InChI is InChI=1S/C20H19NO3S2/c1-13-2-4-16(25-13)9-21-10-18-17-8-14(15-6-7-24-12-15)3-5-19(17)26(22,23)20(18)11-21/h2-8,12,18,20H,9-11H2,1H3/t18-,20-/m0/s1. The van der Waals surface area contributed by atoms with Gasteiger partial charge in [-0.25, -0.2) is 8.42 Å². The first-order valence-corrected chi connectivity index (χ1v) is 11.1. The monoisotopic (exact) mass is 385 g/mol. The zero-order chi connectivity index (χ0) is 17.9. The van der Waals surface area contributed by atoms with Gasteiger partial charge in [-0.2, -0.15) is 0 Å². The van der Waals surface area contributed by atoms with Crippen LogP contribution in [0.2, 0.25) is 0 Å². The Morgan fingerprint density at radius 3 is 2.77 bits per heavy atom. The Morgan fingerprint density at radius 2 is 2.04 bits per heavy atom. The summed E-state index contributed by atoms with van der Waals surface area (Å²) in [5.74, 6) is 0.0583. The summed E-state index contributed by atoms with van der Waals surface area (Å²) in [5.41, 5.74) is 2.97. The smallest absolute Gasteiger partial charge is 0.183 e. The van der Waals surface area contributed by atoms with Gasteiger partial charge in [0, 0.05) is 40.9 Å². The number of furan rings is 1. The number of aryl methyl sites for hydroxylation is 1. The third-order valence-electron chi connectivity index (χ3n) is 5.49. The molecule has 2 aliphatic rings. The maximum Gasteiger partial charge on any atom is 0.183 e. The molecular formula is C20H19NO3S2. The van der Waals surface area contributed by atoms with Crippen molar-refractivity contribution in [3.05, 3.63) is 64.2 Å². The van der Waals surface area contributed by atoms with E-state index in [1.54, 1.807) is 29.9 Å². The number of sulfone groups is 1. The number of hydrogen-bond acceptors (Lipinski definition) is 5. The van der Waals surface area contributed by atoms with Gasteiger partial charge in [-0.05, 0) is 48.4 Å². The van der Waals surface area contributed by atoms with E-state index in [9.17, 15) is 8.42 Å². The molecule has 2 aliphatic heterocycles. The van der Waals surface area contributed by atoms with E-state index < -0.39 is 9.84 Å². The lowest BCUT2D eigenvalue weighted by Gasteiger charge is -2.16. The van der Waals surface area contributed by atoms with Crippen molar-refractivity contribution in [3.8, 4) is 11.1 Å². The van der Waals surface area contributed by atoms with Crippen molar-refractivity contribution in [1.29, 1.82) is 0 Å². The topological polar surface area (TPSA) is 50.5 Å². The fraction of sp³-hybridized carbons (Fsp3) is 0.300. The summed E-state index contributed by atoms with van der Waals surface area (Å²) in [6, 6.07) is 11.9. The molecule has 4 heterocycles. The van der Waals surface area contributed by atoms with E-state index in [1.165, 1.54) is 9.75 Å². The fourth-order valence-electron chi connectivity index (χ4n) is 4.25. The highest BCUT2D eigenvalue weighted by molar-refractivity contribution is 7.92. The van der Waals surface area contributed by atoms with Gasteiger partial charge in [-0.1, -0.05) is 6.07 Å². The first kappa shape index (κ1) is 16.3. The molecule has 1 fully saturated rings. The van der Waals surface area contributed by atoms with Gasteiger partial charge in [-0.3, -0.25) is 4.90 Å². The second-order valence-corrected chi connectivity index (χ2v) is 10.7. The van der Waals surface area contributed by atoms with Crippen molar-refractivity contribution < 1.29 is 12.8 Å². The number of likely N-dealkylation sites (tertiary alicyclic amines) is 1. The van der Waals surface area contributed by atoms with Gasteiger partial charge < -0.3 is 4.42 Å². The summed E-state index contributed by atoms with van der Waals surface area (Å²) in [7, 11) is -3.25. The molecule has 0 aliphatic carbocycles. The molecule has 2 atom stereocenters. The Morgan fingerprint density at radius 1 is 1.15 bits per heavy atom.